The summed E-state index contributed by atoms with van der Waals surface area (Å²) in [5.41, 5.74) is 1.03. The van der Waals surface area contributed by atoms with Gasteiger partial charge in [0.05, 0.1) is 19.3 Å². The van der Waals surface area contributed by atoms with Crippen LogP contribution in [0.2, 0.25) is 0 Å². The number of aliphatic hydroxyl groups excluding tert-OH is 2. The van der Waals surface area contributed by atoms with Gasteiger partial charge >= 0.3 is 0 Å². The zero-order valence-corrected chi connectivity index (χ0v) is 11.2. The second-order valence-electron chi connectivity index (χ2n) is 4.51. The molecule has 0 fully saturated rings. The van der Waals surface area contributed by atoms with Crippen molar-refractivity contribution in [3.05, 3.63) is 60.2 Å². The summed E-state index contributed by atoms with van der Waals surface area (Å²) in [6, 6.07) is 17.0. The first-order valence-electron chi connectivity index (χ1n) is 6.59. The minimum absolute atomic E-state index is 0.0866. The van der Waals surface area contributed by atoms with Gasteiger partial charge in [-0.3, -0.25) is 0 Å². The van der Waals surface area contributed by atoms with Crippen LogP contribution < -0.4 is 10.1 Å². The van der Waals surface area contributed by atoms with Gasteiger partial charge in [0, 0.05) is 6.54 Å². The van der Waals surface area contributed by atoms with Crippen LogP contribution in [-0.4, -0.2) is 29.5 Å². The maximum atomic E-state index is 9.01. The Morgan fingerprint density at radius 1 is 0.900 bits per heavy atom. The molecule has 0 aliphatic rings. The minimum Gasteiger partial charge on any atom is -0.457 e. The molecule has 2 aromatic carbocycles. The quantitative estimate of drug-likeness (QED) is 0.721. The largest absolute Gasteiger partial charge is 0.457 e. The Morgan fingerprint density at radius 3 is 2.30 bits per heavy atom. The van der Waals surface area contributed by atoms with Gasteiger partial charge in [-0.2, -0.15) is 0 Å². The Bertz CT molecular complexity index is 512. The fraction of sp³-hybridized carbons (Fsp3) is 0.250. The van der Waals surface area contributed by atoms with Gasteiger partial charge in [0.1, 0.15) is 11.5 Å². The topological polar surface area (TPSA) is 61.7 Å². The van der Waals surface area contributed by atoms with Crippen molar-refractivity contribution in [3.63, 3.8) is 0 Å². The molecule has 0 aliphatic carbocycles. The van der Waals surface area contributed by atoms with Gasteiger partial charge in [0.15, 0.2) is 0 Å². The third-order valence-corrected chi connectivity index (χ3v) is 2.91. The van der Waals surface area contributed by atoms with Crippen LogP contribution in [0, 0.1) is 0 Å². The van der Waals surface area contributed by atoms with Gasteiger partial charge in [-0.05, 0) is 29.8 Å². The molecular weight excluding hydrogens is 254 g/mol. The fourth-order valence-corrected chi connectivity index (χ4v) is 1.79. The second kappa shape index (κ2) is 7.65. The van der Waals surface area contributed by atoms with Gasteiger partial charge in [-0.15, -0.1) is 0 Å². The smallest absolute Gasteiger partial charge is 0.127 e. The molecule has 0 saturated carbocycles. The van der Waals surface area contributed by atoms with Crippen molar-refractivity contribution in [3.8, 4) is 11.5 Å². The van der Waals surface area contributed by atoms with Gasteiger partial charge < -0.3 is 20.3 Å². The molecule has 0 atom stereocenters. The van der Waals surface area contributed by atoms with E-state index in [-0.39, 0.29) is 19.3 Å². The van der Waals surface area contributed by atoms with E-state index in [4.69, 9.17) is 14.9 Å². The van der Waals surface area contributed by atoms with E-state index in [1.54, 1.807) is 0 Å². The Hall–Kier alpha value is -1.88. The second-order valence-corrected chi connectivity index (χ2v) is 4.51. The highest BCUT2D eigenvalue weighted by molar-refractivity contribution is 5.33. The lowest BCUT2D eigenvalue weighted by atomic mass is 10.2. The molecule has 0 aliphatic heterocycles. The SMILES string of the molecule is OCC(CO)NCc1cccc(Oc2ccccc2)c1. The number of hydrogen-bond acceptors (Lipinski definition) is 4. The molecule has 0 radical (unpaired) electrons. The summed E-state index contributed by atoms with van der Waals surface area (Å²) in [4.78, 5) is 0. The molecule has 106 valence electrons. The van der Waals surface area contributed by atoms with E-state index in [1.165, 1.54) is 0 Å². The Kier molecular flexibility index (Phi) is 5.55. The molecule has 2 rings (SSSR count). The predicted octanol–water partition coefficient (Wildman–Crippen LogP) is 1.92. The highest BCUT2D eigenvalue weighted by Crippen LogP contribution is 2.21. The Morgan fingerprint density at radius 2 is 1.60 bits per heavy atom. The van der Waals surface area contributed by atoms with Gasteiger partial charge in [0.25, 0.3) is 0 Å². The third-order valence-electron chi connectivity index (χ3n) is 2.91. The van der Waals surface area contributed by atoms with Crippen LogP contribution >= 0.6 is 0 Å². The van der Waals surface area contributed by atoms with E-state index in [0.29, 0.717) is 6.54 Å². The molecule has 2 aromatic rings. The molecule has 0 saturated heterocycles. The van der Waals surface area contributed by atoms with Gasteiger partial charge in [-0.1, -0.05) is 30.3 Å². The van der Waals surface area contributed by atoms with E-state index in [9.17, 15) is 0 Å². The lowest BCUT2D eigenvalue weighted by Gasteiger charge is -2.13. The summed E-state index contributed by atoms with van der Waals surface area (Å²) >= 11 is 0. The first-order valence-corrected chi connectivity index (χ1v) is 6.59. The van der Waals surface area contributed by atoms with Crippen LogP contribution in [0.25, 0.3) is 0 Å². The molecule has 3 N–H and O–H groups in total. The van der Waals surface area contributed by atoms with E-state index in [2.05, 4.69) is 5.32 Å². The van der Waals surface area contributed by atoms with E-state index in [0.717, 1.165) is 17.1 Å². The molecule has 0 heterocycles. The molecular formula is C16H19NO3. The van der Waals surface area contributed by atoms with E-state index < -0.39 is 0 Å². The zero-order chi connectivity index (χ0) is 14.2. The Labute approximate surface area is 118 Å². The highest BCUT2D eigenvalue weighted by Gasteiger charge is 2.05. The molecule has 4 heteroatoms. The lowest BCUT2D eigenvalue weighted by molar-refractivity contribution is 0.170. The van der Waals surface area contributed by atoms with Crippen LogP contribution in [0.1, 0.15) is 5.56 Å². The first-order chi connectivity index (χ1) is 9.81. The number of nitrogens with one attached hydrogen (secondary N) is 1. The summed E-state index contributed by atoms with van der Waals surface area (Å²) in [7, 11) is 0. The number of benzene rings is 2. The van der Waals surface area contributed by atoms with Crippen molar-refractivity contribution in [1.82, 2.24) is 5.32 Å². The maximum absolute atomic E-state index is 9.01. The fourth-order valence-electron chi connectivity index (χ4n) is 1.79. The van der Waals surface area contributed by atoms with Crippen molar-refractivity contribution in [2.45, 2.75) is 12.6 Å². The average molecular weight is 273 g/mol. The number of aliphatic hydroxyl groups is 2. The first kappa shape index (κ1) is 14.5. The monoisotopic (exact) mass is 273 g/mol. The summed E-state index contributed by atoms with van der Waals surface area (Å²) in [5.74, 6) is 1.56. The van der Waals surface area contributed by atoms with E-state index >= 15 is 0 Å². The van der Waals surface area contributed by atoms with Gasteiger partial charge in [0.2, 0.25) is 0 Å². The van der Waals surface area contributed by atoms with Gasteiger partial charge in [-0.25, -0.2) is 0 Å². The third kappa shape index (κ3) is 4.35. The van der Waals surface area contributed by atoms with Crippen molar-refractivity contribution < 1.29 is 14.9 Å². The minimum atomic E-state index is -0.298. The normalized spacial score (nSPS) is 10.8. The van der Waals surface area contributed by atoms with Crippen LogP contribution in [0.5, 0.6) is 11.5 Å². The van der Waals surface area contributed by atoms with Crippen molar-refractivity contribution in [1.29, 1.82) is 0 Å². The number of rotatable bonds is 7. The van der Waals surface area contributed by atoms with Crippen molar-refractivity contribution in [2.24, 2.45) is 0 Å². The molecule has 0 bridgehead atoms. The number of para-hydroxylation sites is 1. The summed E-state index contributed by atoms with van der Waals surface area (Å²) in [5, 5.41) is 21.1. The summed E-state index contributed by atoms with van der Waals surface area (Å²) in [6.07, 6.45) is 0. The summed E-state index contributed by atoms with van der Waals surface area (Å²) in [6.45, 7) is 0.394. The summed E-state index contributed by atoms with van der Waals surface area (Å²) < 4.78 is 5.75. The molecule has 0 amide bonds. The van der Waals surface area contributed by atoms with Crippen LogP contribution in [0.3, 0.4) is 0 Å². The van der Waals surface area contributed by atoms with Crippen LogP contribution in [0.4, 0.5) is 0 Å². The molecule has 0 aromatic heterocycles. The highest BCUT2D eigenvalue weighted by atomic mass is 16.5. The molecule has 0 unspecified atom stereocenters. The molecule has 0 spiro atoms. The number of ether oxygens (including phenoxy) is 1. The Balaban J connectivity index is 1.97. The van der Waals surface area contributed by atoms with Crippen LogP contribution in [0.15, 0.2) is 54.6 Å². The average Bonchev–Trinajstić information content (AvgIpc) is 2.50. The van der Waals surface area contributed by atoms with Crippen molar-refractivity contribution >= 4 is 0 Å². The molecule has 4 nitrogen and oxygen atoms in total. The van der Waals surface area contributed by atoms with E-state index in [1.807, 2.05) is 54.6 Å². The zero-order valence-electron chi connectivity index (χ0n) is 11.2. The number of hydrogen-bond donors (Lipinski definition) is 3. The maximum Gasteiger partial charge on any atom is 0.127 e. The van der Waals surface area contributed by atoms with Crippen LogP contribution in [-0.2, 0) is 6.54 Å². The van der Waals surface area contributed by atoms with Crippen molar-refractivity contribution in [2.75, 3.05) is 13.2 Å². The lowest BCUT2D eigenvalue weighted by Crippen LogP contribution is -2.35. The molecule has 20 heavy (non-hydrogen) atoms. The predicted molar refractivity (Wildman–Crippen MR) is 77.8 cm³/mol. The standard InChI is InChI=1S/C16H19NO3/c18-11-14(12-19)17-10-13-5-4-8-16(9-13)20-15-6-2-1-3-7-15/h1-9,14,17-19H,10-12H2.